The molecule has 0 N–H and O–H groups in total. The molecule has 2 heterocycles. The molecule has 0 aliphatic heterocycles. The van der Waals surface area contributed by atoms with Gasteiger partial charge < -0.3 is 9.80 Å². The third-order valence-electron chi connectivity index (χ3n) is 7.48. The van der Waals surface area contributed by atoms with Gasteiger partial charge in [0.25, 0.3) is 0 Å². The van der Waals surface area contributed by atoms with Crippen molar-refractivity contribution in [3.8, 4) is 0 Å². The summed E-state index contributed by atoms with van der Waals surface area (Å²) < 4.78 is 7.69. The van der Waals surface area contributed by atoms with Crippen LogP contribution < -0.4 is 18.9 Å². The van der Waals surface area contributed by atoms with Crippen molar-refractivity contribution in [1.82, 2.24) is 19.6 Å². The lowest BCUT2D eigenvalue weighted by molar-refractivity contribution is -0.681. The zero-order valence-electron chi connectivity index (χ0n) is 26.5. The molecule has 228 valence electrons. The molecular weight excluding hydrogens is 540 g/mol. The Bertz CT molecular complexity index is 1310. The Hall–Kier alpha value is -4.48. The van der Waals surface area contributed by atoms with Crippen molar-refractivity contribution in [3.63, 3.8) is 0 Å². The molecular formula is C31H46N12+2. The van der Waals surface area contributed by atoms with E-state index in [1.165, 1.54) is 11.4 Å². The van der Waals surface area contributed by atoms with Crippen LogP contribution in [0.2, 0.25) is 0 Å². The molecule has 0 fully saturated rings. The molecule has 0 atom stereocenters. The molecule has 12 nitrogen and oxygen atoms in total. The van der Waals surface area contributed by atoms with Gasteiger partial charge in [0.15, 0.2) is 0 Å². The van der Waals surface area contributed by atoms with Crippen molar-refractivity contribution in [2.75, 3.05) is 36.0 Å². The van der Waals surface area contributed by atoms with Crippen molar-refractivity contribution in [2.45, 2.75) is 74.1 Å². The number of nitrogens with zero attached hydrogens (tertiary/aromatic N) is 12. The quantitative estimate of drug-likeness (QED) is 0.113. The molecule has 4 rings (SSSR count). The number of anilines is 2. The van der Waals surface area contributed by atoms with Gasteiger partial charge in [0.05, 0.1) is 37.6 Å². The third kappa shape index (κ3) is 7.88. The molecule has 43 heavy (non-hydrogen) atoms. The molecule has 0 saturated carbocycles. The van der Waals surface area contributed by atoms with Crippen molar-refractivity contribution in [2.24, 2.45) is 20.5 Å². The summed E-state index contributed by atoms with van der Waals surface area (Å²) in [4.78, 5) is 4.80. The van der Waals surface area contributed by atoms with E-state index in [1.54, 1.807) is 12.7 Å². The smallest absolute Gasteiger partial charge is 0.372 e. The second-order valence-corrected chi connectivity index (χ2v) is 10.0. The Balaban J connectivity index is 1.32. The van der Waals surface area contributed by atoms with E-state index in [2.05, 4.69) is 106 Å². The van der Waals surface area contributed by atoms with Crippen LogP contribution >= 0.6 is 0 Å². The summed E-state index contributed by atoms with van der Waals surface area (Å²) >= 11 is 0. The number of rotatable bonds is 16. The molecule has 12 heteroatoms. The zero-order chi connectivity index (χ0) is 30.6. The molecule has 0 saturated heterocycles. The maximum Gasteiger partial charge on any atom is 0.403 e. The number of aromatic nitrogens is 6. The summed E-state index contributed by atoms with van der Waals surface area (Å²) in [6.07, 6.45) is 4.64. The van der Waals surface area contributed by atoms with Gasteiger partial charge in [0.1, 0.15) is 0 Å². The number of azo groups is 2. The van der Waals surface area contributed by atoms with Gasteiger partial charge in [0, 0.05) is 47.8 Å². The van der Waals surface area contributed by atoms with Crippen molar-refractivity contribution in [3.05, 3.63) is 61.2 Å². The normalized spacial score (nSPS) is 11.7. The van der Waals surface area contributed by atoms with E-state index in [0.29, 0.717) is 0 Å². The van der Waals surface area contributed by atoms with Crippen LogP contribution in [0.4, 0.5) is 34.6 Å². The second-order valence-electron chi connectivity index (χ2n) is 10.0. The van der Waals surface area contributed by atoms with Crippen LogP contribution in [-0.2, 0) is 26.2 Å². The largest absolute Gasteiger partial charge is 0.403 e. The van der Waals surface area contributed by atoms with Crippen molar-refractivity contribution in [1.29, 1.82) is 0 Å². The summed E-state index contributed by atoms with van der Waals surface area (Å²) in [7, 11) is 0. The van der Waals surface area contributed by atoms with E-state index in [1.807, 2.05) is 42.8 Å². The minimum atomic E-state index is 0.754. The van der Waals surface area contributed by atoms with Crippen LogP contribution in [0.25, 0.3) is 0 Å². The lowest BCUT2D eigenvalue weighted by atomic mass is 10.2. The highest BCUT2D eigenvalue weighted by atomic mass is 15.4. The van der Waals surface area contributed by atoms with Gasteiger partial charge in [-0.2, -0.15) is 0 Å². The highest BCUT2D eigenvalue weighted by molar-refractivity contribution is 5.54. The highest BCUT2D eigenvalue weighted by Gasteiger charge is 2.17. The van der Waals surface area contributed by atoms with E-state index < -0.39 is 0 Å². The number of hydrogen-bond donors (Lipinski definition) is 0. The maximum absolute atomic E-state index is 4.47. The fourth-order valence-corrected chi connectivity index (χ4v) is 4.92. The number of hydrogen-bond acceptors (Lipinski definition) is 8. The van der Waals surface area contributed by atoms with E-state index in [9.17, 15) is 0 Å². The molecule has 0 spiro atoms. The van der Waals surface area contributed by atoms with Crippen LogP contribution in [0.1, 0.15) is 48.0 Å². The maximum atomic E-state index is 4.47. The van der Waals surface area contributed by atoms with Crippen LogP contribution in [0.15, 0.2) is 81.6 Å². The standard InChI is InChI=1S/C31H46N12/c1-7-38(28-18-14-26(15-19-28)34-36-30-40(9-3)24-32-42(30)11-5)22-13-23-39(8-2)29-20-16-27(17-21-29)35-37-31-41(10-4)25-33-43(31)12-6/h14-21,24-25H,7-13,22-23H2,1-6H3/q+2. The topological polar surface area (TPSA) is 99.3 Å². The van der Waals surface area contributed by atoms with Crippen LogP contribution in [0, 0.1) is 0 Å². The summed E-state index contributed by atoms with van der Waals surface area (Å²) in [5.74, 6) is 1.52. The monoisotopic (exact) mass is 586 g/mol. The SMILES string of the molecule is CCN(CCCN(CC)c1ccc(N=Nc2n(CC)nc[n+]2CC)cc1)c1ccc(N=Nc2n(CC)nc[n+]2CC)cc1. The van der Waals surface area contributed by atoms with Gasteiger partial charge >= 0.3 is 11.9 Å². The van der Waals surface area contributed by atoms with Crippen LogP contribution in [0.5, 0.6) is 0 Å². The zero-order valence-corrected chi connectivity index (χ0v) is 26.5. The fourth-order valence-electron chi connectivity index (χ4n) is 4.92. The number of aryl methyl sites for hydroxylation is 4. The molecule has 0 aliphatic carbocycles. The van der Waals surface area contributed by atoms with E-state index in [0.717, 1.165) is 82.1 Å². The minimum absolute atomic E-state index is 0.754. The summed E-state index contributed by atoms with van der Waals surface area (Å²) in [6.45, 7) is 19.6. The predicted octanol–water partition coefficient (Wildman–Crippen LogP) is 6.31. The molecule has 2 aromatic heterocycles. The predicted molar refractivity (Wildman–Crippen MR) is 169 cm³/mol. The molecule has 0 bridgehead atoms. The lowest BCUT2D eigenvalue weighted by Crippen LogP contribution is -2.30. The van der Waals surface area contributed by atoms with E-state index >= 15 is 0 Å². The van der Waals surface area contributed by atoms with Crippen molar-refractivity contribution < 1.29 is 9.13 Å². The fraction of sp³-hybridized carbons (Fsp3) is 0.484. The average Bonchev–Trinajstić information content (AvgIpc) is 3.66. The molecule has 0 aliphatic rings. The Kier molecular flexibility index (Phi) is 11.5. The first kappa shape index (κ1) is 31.5. The molecule has 4 aromatic rings. The summed E-state index contributed by atoms with van der Waals surface area (Å²) in [5, 5.41) is 26.6. The Labute approximate surface area is 255 Å². The minimum Gasteiger partial charge on any atom is -0.372 e. The summed E-state index contributed by atoms with van der Waals surface area (Å²) in [5.41, 5.74) is 4.03. The first-order chi connectivity index (χ1) is 21.0. The molecule has 0 unspecified atom stereocenters. The highest BCUT2D eigenvalue weighted by Crippen LogP contribution is 2.24. The molecule has 0 amide bonds. The van der Waals surface area contributed by atoms with Crippen molar-refractivity contribution >= 4 is 34.6 Å². The van der Waals surface area contributed by atoms with Gasteiger partial charge in [0.2, 0.25) is 12.7 Å². The van der Waals surface area contributed by atoms with Gasteiger partial charge in [-0.3, -0.25) is 0 Å². The Morgan fingerprint density at radius 2 is 0.977 bits per heavy atom. The second kappa shape index (κ2) is 15.7. The number of benzene rings is 2. The van der Waals surface area contributed by atoms with Gasteiger partial charge in [-0.15, -0.1) is 9.36 Å². The molecule has 0 radical (unpaired) electrons. The molecule has 2 aromatic carbocycles. The van der Waals surface area contributed by atoms with E-state index in [4.69, 9.17) is 0 Å². The first-order valence-electron chi connectivity index (χ1n) is 15.5. The van der Waals surface area contributed by atoms with Gasteiger partial charge in [-0.05, 0) is 107 Å². The first-order valence-corrected chi connectivity index (χ1v) is 15.5. The third-order valence-corrected chi connectivity index (χ3v) is 7.48. The summed E-state index contributed by atoms with van der Waals surface area (Å²) in [6, 6.07) is 16.6. The Morgan fingerprint density at radius 3 is 1.30 bits per heavy atom. The Morgan fingerprint density at radius 1 is 0.581 bits per heavy atom. The average molecular weight is 587 g/mol. The van der Waals surface area contributed by atoms with E-state index in [-0.39, 0.29) is 0 Å². The van der Waals surface area contributed by atoms with Crippen LogP contribution in [-0.4, -0.2) is 45.7 Å². The van der Waals surface area contributed by atoms with Gasteiger partial charge in [-0.25, -0.2) is 9.13 Å². The van der Waals surface area contributed by atoms with Gasteiger partial charge in [-0.1, -0.05) is 10.2 Å². The lowest BCUT2D eigenvalue weighted by Gasteiger charge is -2.27. The van der Waals surface area contributed by atoms with Crippen LogP contribution in [0.3, 0.4) is 0 Å².